The molecule has 3 heteroatoms. The summed E-state index contributed by atoms with van der Waals surface area (Å²) in [5.74, 6) is 0.144. The Morgan fingerprint density at radius 2 is 2.17 bits per heavy atom. The molecule has 2 aliphatic carbocycles. The standard InChI is InChI=1S/C15H24N2O/c1-5-10(9-16)12(18)17-13-14(2,3)11-6-7-15(13,4)8-11/h10-11,13H,5-8H2,1-4H3,(H,17,18). The number of nitriles is 1. The summed E-state index contributed by atoms with van der Waals surface area (Å²) in [4.78, 5) is 12.1. The van der Waals surface area contributed by atoms with Crippen molar-refractivity contribution < 1.29 is 4.79 Å². The lowest BCUT2D eigenvalue weighted by Gasteiger charge is -2.43. The van der Waals surface area contributed by atoms with Crippen LogP contribution in [-0.2, 0) is 4.79 Å². The van der Waals surface area contributed by atoms with Crippen molar-refractivity contribution in [2.75, 3.05) is 0 Å². The topological polar surface area (TPSA) is 52.9 Å². The van der Waals surface area contributed by atoms with Crippen LogP contribution < -0.4 is 5.32 Å². The highest BCUT2D eigenvalue weighted by Gasteiger charge is 2.59. The molecule has 2 rings (SSSR count). The van der Waals surface area contributed by atoms with Crippen LogP contribution >= 0.6 is 0 Å². The monoisotopic (exact) mass is 248 g/mol. The Kier molecular flexibility index (Phi) is 3.17. The van der Waals surface area contributed by atoms with Gasteiger partial charge in [-0.3, -0.25) is 4.79 Å². The average Bonchev–Trinajstić information content (AvgIpc) is 2.77. The number of fused-ring (bicyclic) bond motifs is 2. The van der Waals surface area contributed by atoms with Crippen molar-refractivity contribution in [1.29, 1.82) is 5.26 Å². The molecule has 100 valence electrons. The minimum atomic E-state index is -0.497. The predicted molar refractivity (Wildman–Crippen MR) is 70.6 cm³/mol. The number of amides is 1. The number of carbonyl (C=O) groups is 1. The molecule has 0 radical (unpaired) electrons. The molecular weight excluding hydrogens is 224 g/mol. The van der Waals surface area contributed by atoms with Crippen molar-refractivity contribution in [2.45, 2.75) is 59.4 Å². The molecule has 0 saturated heterocycles. The molecule has 0 aromatic rings. The van der Waals surface area contributed by atoms with E-state index in [9.17, 15) is 4.79 Å². The molecule has 1 N–H and O–H groups in total. The second-order valence-corrected chi connectivity index (χ2v) is 6.95. The highest BCUT2D eigenvalue weighted by molar-refractivity contribution is 5.81. The fourth-order valence-electron chi connectivity index (χ4n) is 4.24. The van der Waals surface area contributed by atoms with Gasteiger partial charge in [0.05, 0.1) is 6.07 Å². The lowest BCUT2D eigenvalue weighted by Crippen LogP contribution is -2.53. The molecule has 0 aromatic carbocycles. The largest absolute Gasteiger partial charge is 0.351 e. The molecule has 2 fully saturated rings. The first kappa shape index (κ1) is 13.4. The third-order valence-corrected chi connectivity index (χ3v) is 5.44. The first-order chi connectivity index (χ1) is 8.35. The normalized spacial score (nSPS) is 38.2. The van der Waals surface area contributed by atoms with Gasteiger partial charge in [-0.1, -0.05) is 27.7 Å². The minimum absolute atomic E-state index is 0.0770. The molecule has 18 heavy (non-hydrogen) atoms. The molecule has 2 aliphatic rings. The molecule has 2 bridgehead atoms. The number of hydrogen-bond donors (Lipinski definition) is 1. The van der Waals surface area contributed by atoms with Crippen LogP contribution in [-0.4, -0.2) is 11.9 Å². The van der Waals surface area contributed by atoms with Crippen LogP contribution in [0.15, 0.2) is 0 Å². The lowest BCUT2D eigenvalue weighted by atomic mass is 9.68. The number of nitrogens with one attached hydrogen (secondary N) is 1. The number of rotatable bonds is 3. The maximum Gasteiger partial charge on any atom is 0.237 e. The SMILES string of the molecule is CCC(C#N)C(=O)NC1C2(C)CCC(C2)C1(C)C. The zero-order valence-corrected chi connectivity index (χ0v) is 11.9. The van der Waals surface area contributed by atoms with Crippen molar-refractivity contribution in [1.82, 2.24) is 5.32 Å². The summed E-state index contributed by atoms with van der Waals surface area (Å²) in [5, 5.41) is 12.2. The quantitative estimate of drug-likeness (QED) is 0.835. The molecule has 2 saturated carbocycles. The molecular formula is C15H24N2O. The zero-order chi connectivity index (χ0) is 13.6. The number of hydrogen-bond acceptors (Lipinski definition) is 2. The molecule has 0 aromatic heterocycles. The van der Waals surface area contributed by atoms with Crippen LogP contribution in [0.4, 0.5) is 0 Å². The molecule has 0 aliphatic heterocycles. The lowest BCUT2D eigenvalue weighted by molar-refractivity contribution is -0.126. The summed E-state index contributed by atoms with van der Waals surface area (Å²) >= 11 is 0. The van der Waals surface area contributed by atoms with Gasteiger partial charge in [0, 0.05) is 6.04 Å². The minimum Gasteiger partial charge on any atom is -0.351 e. The van der Waals surface area contributed by atoms with Gasteiger partial charge in [-0.2, -0.15) is 5.26 Å². The van der Waals surface area contributed by atoms with Crippen LogP contribution in [0.25, 0.3) is 0 Å². The Labute approximate surface area is 110 Å². The fourth-order valence-corrected chi connectivity index (χ4v) is 4.24. The third kappa shape index (κ3) is 1.83. The Morgan fingerprint density at radius 1 is 1.50 bits per heavy atom. The summed E-state index contributed by atoms with van der Waals surface area (Å²) < 4.78 is 0. The molecule has 1 amide bonds. The van der Waals surface area contributed by atoms with Crippen molar-refractivity contribution in [3.63, 3.8) is 0 Å². The molecule has 4 unspecified atom stereocenters. The van der Waals surface area contributed by atoms with Gasteiger partial charge >= 0.3 is 0 Å². The third-order valence-electron chi connectivity index (χ3n) is 5.44. The predicted octanol–water partition coefficient (Wildman–Crippen LogP) is 2.87. The van der Waals surface area contributed by atoms with Gasteiger partial charge < -0.3 is 5.32 Å². The summed E-state index contributed by atoms with van der Waals surface area (Å²) in [6.45, 7) is 8.71. The van der Waals surface area contributed by atoms with Crippen molar-refractivity contribution >= 4 is 5.91 Å². The van der Waals surface area contributed by atoms with E-state index in [4.69, 9.17) is 5.26 Å². The Bertz CT molecular complexity index is 391. The van der Waals surface area contributed by atoms with Gasteiger partial charge in [0.25, 0.3) is 0 Å². The fraction of sp³-hybridized carbons (Fsp3) is 0.867. The van der Waals surface area contributed by atoms with Gasteiger partial charge in [0.15, 0.2) is 0 Å². The van der Waals surface area contributed by atoms with E-state index in [1.165, 1.54) is 19.3 Å². The maximum atomic E-state index is 12.1. The summed E-state index contributed by atoms with van der Waals surface area (Å²) in [5.41, 5.74) is 0.397. The Morgan fingerprint density at radius 3 is 2.61 bits per heavy atom. The second kappa shape index (κ2) is 4.26. The second-order valence-electron chi connectivity index (χ2n) is 6.95. The van der Waals surface area contributed by atoms with Crippen molar-refractivity contribution in [3.8, 4) is 6.07 Å². The van der Waals surface area contributed by atoms with Crippen LogP contribution in [0.1, 0.15) is 53.4 Å². The van der Waals surface area contributed by atoms with Gasteiger partial charge in [-0.25, -0.2) is 0 Å². The molecule has 0 heterocycles. The summed E-state index contributed by atoms with van der Waals surface area (Å²) in [6, 6.07) is 2.32. The van der Waals surface area contributed by atoms with E-state index in [1.54, 1.807) is 0 Å². The van der Waals surface area contributed by atoms with E-state index >= 15 is 0 Å². The highest BCUT2D eigenvalue weighted by Crippen LogP contribution is 2.62. The van der Waals surface area contributed by atoms with E-state index in [0.29, 0.717) is 6.42 Å². The number of nitrogens with zero attached hydrogens (tertiary/aromatic N) is 1. The highest BCUT2D eigenvalue weighted by atomic mass is 16.2. The average molecular weight is 248 g/mol. The van der Waals surface area contributed by atoms with E-state index < -0.39 is 5.92 Å². The van der Waals surface area contributed by atoms with E-state index in [2.05, 4.69) is 32.2 Å². The summed E-state index contributed by atoms with van der Waals surface area (Å²) in [6.07, 6.45) is 4.30. The Hall–Kier alpha value is -1.04. The summed E-state index contributed by atoms with van der Waals surface area (Å²) in [7, 11) is 0. The van der Waals surface area contributed by atoms with Crippen LogP contribution in [0.3, 0.4) is 0 Å². The van der Waals surface area contributed by atoms with Crippen molar-refractivity contribution in [3.05, 3.63) is 0 Å². The van der Waals surface area contributed by atoms with Gasteiger partial charge in [0.1, 0.15) is 5.92 Å². The van der Waals surface area contributed by atoms with Crippen LogP contribution in [0.2, 0.25) is 0 Å². The number of carbonyl (C=O) groups excluding carboxylic acids is 1. The van der Waals surface area contributed by atoms with Gasteiger partial charge in [-0.05, 0) is 42.4 Å². The first-order valence-corrected chi connectivity index (χ1v) is 7.05. The van der Waals surface area contributed by atoms with Crippen molar-refractivity contribution in [2.24, 2.45) is 22.7 Å². The van der Waals surface area contributed by atoms with Gasteiger partial charge in [0.2, 0.25) is 5.91 Å². The van der Waals surface area contributed by atoms with E-state index in [1.807, 2.05) is 6.92 Å². The first-order valence-electron chi connectivity index (χ1n) is 7.05. The van der Waals surface area contributed by atoms with Crippen LogP contribution in [0.5, 0.6) is 0 Å². The zero-order valence-electron chi connectivity index (χ0n) is 11.9. The van der Waals surface area contributed by atoms with Gasteiger partial charge in [-0.15, -0.1) is 0 Å². The van der Waals surface area contributed by atoms with Crippen LogP contribution in [0, 0.1) is 34.0 Å². The molecule has 4 atom stereocenters. The Balaban J connectivity index is 2.14. The maximum absolute atomic E-state index is 12.1. The molecule has 0 spiro atoms. The van der Waals surface area contributed by atoms with E-state index in [0.717, 1.165) is 5.92 Å². The molecule has 3 nitrogen and oxygen atoms in total. The smallest absolute Gasteiger partial charge is 0.237 e. The van der Waals surface area contributed by atoms with E-state index in [-0.39, 0.29) is 22.8 Å².